The molecule has 0 aliphatic heterocycles. The summed E-state index contributed by atoms with van der Waals surface area (Å²) in [5.41, 5.74) is 0.414. The van der Waals surface area contributed by atoms with E-state index in [2.05, 4.69) is 5.32 Å². The maximum Gasteiger partial charge on any atom is 0.253 e. The Bertz CT molecular complexity index is 988. The van der Waals surface area contributed by atoms with Crippen LogP contribution in [0, 0.1) is 0 Å². The number of hydrogen-bond acceptors (Lipinski definition) is 3. The van der Waals surface area contributed by atoms with Crippen LogP contribution in [0.5, 0.6) is 0 Å². The van der Waals surface area contributed by atoms with E-state index in [1.165, 1.54) is 26.2 Å². The predicted octanol–water partition coefficient (Wildman–Crippen LogP) is 4.65. The highest BCUT2D eigenvalue weighted by Crippen LogP contribution is 2.30. The Hall–Kier alpha value is -1.31. The fraction of sp³-hybridized carbons (Fsp3) is 0.316. The van der Waals surface area contributed by atoms with Gasteiger partial charge < -0.3 is 5.32 Å². The van der Waals surface area contributed by atoms with Crippen molar-refractivity contribution in [1.82, 2.24) is 9.62 Å². The molecule has 0 aliphatic carbocycles. The van der Waals surface area contributed by atoms with Crippen LogP contribution in [-0.4, -0.2) is 38.3 Å². The normalized spacial score (nSPS) is 12.3. The first kappa shape index (κ1) is 23.0. The van der Waals surface area contributed by atoms with Gasteiger partial charge in [0, 0.05) is 24.7 Å². The van der Waals surface area contributed by atoms with Gasteiger partial charge in [-0.05, 0) is 50.1 Å². The van der Waals surface area contributed by atoms with Crippen LogP contribution in [0.3, 0.4) is 0 Å². The van der Waals surface area contributed by atoms with Crippen molar-refractivity contribution >= 4 is 50.7 Å². The van der Waals surface area contributed by atoms with E-state index in [1.807, 2.05) is 26.0 Å². The minimum absolute atomic E-state index is 0.0377. The molecule has 0 aliphatic rings. The highest BCUT2D eigenvalue weighted by atomic mass is 35.5. The number of halogens is 3. The van der Waals surface area contributed by atoms with Gasteiger partial charge in [-0.2, -0.15) is 0 Å². The third-order valence-electron chi connectivity index (χ3n) is 4.04. The molecule has 2 aromatic carbocycles. The maximum atomic E-state index is 12.8. The molecule has 5 nitrogen and oxygen atoms in total. The first-order valence-corrected chi connectivity index (χ1v) is 10.9. The number of sulfonamides is 1. The lowest BCUT2D eigenvalue weighted by Gasteiger charge is -2.27. The largest absolute Gasteiger partial charge is 0.347 e. The van der Waals surface area contributed by atoms with Gasteiger partial charge in [-0.1, -0.05) is 46.9 Å². The Kier molecular flexibility index (Phi) is 7.05. The van der Waals surface area contributed by atoms with Gasteiger partial charge in [0.25, 0.3) is 5.91 Å². The van der Waals surface area contributed by atoms with Gasteiger partial charge >= 0.3 is 0 Å². The Labute approximate surface area is 180 Å². The molecule has 0 heterocycles. The summed E-state index contributed by atoms with van der Waals surface area (Å²) in [6, 6.07) is 9.79. The van der Waals surface area contributed by atoms with E-state index < -0.39 is 21.5 Å². The van der Waals surface area contributed by atoms with Gasteiger partial charge in [-0.15, -0.1) is 0 Å². The molecule has 0 fully saturated rings. The third kappa shape index (κ3) is 5.39. The topological polar surface area (TPSA) is 66.5 Å². The van der Waals surface area contributed by atoms with Crippen LogP contribution in [0.4, 0.5) is 0 Å². The molecular formula is C19H21Cl3N2O3S. The molecule has 0 radical (unpaired) electrons. The van der Waals surface area contributed by atoms with E-state index in [0.29, 0.717) is 11.4 Å². The second kappa shape index (κ2) is 8.59. The molecule has 1 amide bonds. The summed E-state index contributed by atoms with van der Waals surface area (Å²) in [5, 5.41) is 3.55. The van der Waals surface area contributed by atoms with Crippen molar-refractivity contribution in [2.45, 2.75) is 30.7 Å². The highest BCUT2D eigenvalue weighted by Gasteiger charge is 2.27. The summed E-state index contributed by atoms with van der Waals surface area (Å²) >= 11 is 18.1. The molecule has 1 N–H and O–H groups in total. The van der Waals surface area contributed by atoms with Crippen molar-refractivity contribution in [1.29, 1.82) is 0 Å². The van der Waals surface area contributed by atoms with Crippen LogP contribution in [-0.2, 0) is 16.4 Å². The maximum absolute atomic E-state index is 12.8. The molecule has 28 heavy (non-hydrogen) atoms. The smallest absolute Gasteiger partial charge is 0.253 e. The second-order valence-electron chi connectivity index (χ2n) is 7.19. The number of hydrogen-bond donors (Lipinski definition) is 1. The van der Waals surface area contributed by atoms with Crippen molar-refractivity contribution in [2.75, 3.05) is 14.1 Å². The minimum Gasteiger partial charge on any atom is -0.347 e. The van der Waals surface area contributed by atoms with E-state index in [4.69, 9.17) is 34.8 Å². The first-order valence-electron chi connectivity index (χ1n) is 8.32. The monoisotopic (exact) mass is 462 g/mol. The lowest BCUT2D eigenvalue weighted by molar-refractivity contribution is 0.0913. The lowest BCUT2D eigenvalue weighted by atomic mass is 9.94. The van der Waals surface area contributed by atoms with Crippen molar-refractivity contribution in [3.8, 4) is 0 Å². The van der Waals surface area contributed by atoms with Crippen molar-refractivity contribution in [3.63, 3.8) is 0 Å². The van der Waals surface area contributed by atoms with Crippen LogP contribution < -0.4 is 5.32 Å². The molecule has 0 saturated heterocycles. The van der Waals surface area contributed by atoms with Gasteiger partial charge in [-0.3, -0.25) is 4.79 Å². The molecule has 2 rings (SSSR count). The van der Waals surface area contributed by atoms with Gasteiger partial charge in [-0.25, -0.2) is 12.7 Å². The summed E-state index contributed by atoms with van der Waals surface area (Å²) in [5.74, 6) is -0.490. The summed E-state index contributed by atoms with van der Waals surface area (Å²) < 4.78 is 25.9. The number of nitrogens with one attached hydrogen (secondary N) is 1. The second-order valence-corrected chi connectivity index (χ2v) is 10.6. The average molecular weight is 464 g/mol. The number of carbonyl (C=O) groups excluding carboxylic acids is 1. The van der Waals surface area contributed by atoms with Crippen LogP contribution in [0.1, 0.15) is 29.8 Å². The third-order valence-corrected chi connectivity index (χ3v) is 6.88. The van der Waals surface area contributed by atoms with Gasteiger partial charge in [0.2, 0.25) is 10.0 Å². The molecular weight excluding hydrogens is 443 g/mol. The summed E-state index contributed by atoms with van der Waals surface area (Å²) in [6.45, 7) is 3.72. The molecule has 0 bridgehead atoms. The van der Waals surface area contributed by atoms with E-state index in [9.17, 15) is 13.2 Å². The van der Waals surface area contributed by atoms with Crippen LogP contribution in [0.15, 0.2) is 41.3 Å². The van der Waals surface area contributed by atoms with Crippen molar-refractivity contribution in [3.05, 3.63) is 62.6 Å². The summed E-state index contributed by atoms with van der Waals surface area (Å²) in [4.78, 5) is 12.6. The quantitative estimate of drug-likeness (QED) is 0.678. The van der Waals surface area contributed by atoms with Crippen molar-refractivity contribution in [2.24, 2.45) is 0 Å². The molecule has 9 heteroatoms. The van der Waals surface area contributed by atoms with Gasteiger partial charge in [0.05, 0.1) is 15.6 Å². The fourth-order valence-electron chi connectivity index (χ4n) is 2.63. The van der Waals surface area contributed by atoms with E-state index >= 15 is 0 Å². The van der Waals surface area contributed by atoms with Crippen molar-refractivity contribution < 1.29 is 13.2 Å². The van der Waals surface area contributed by atoms with Crippen LogP contribution >= 0.6 is 34.8 Å². The van der Waals surface area contributed by atoms with Gasteiger partial charge in [0.1, 0.15) is 4.90 Å². The Balaban J connectivity index is 2.31. The molecule has 0 unspecified atom stereocenters. The molecule has 0 aromatic heterocycles. The Morgan fingerprint density at radius 3 is 2.14 bits per heavy atom. The number of amides is 1. The highest BCUT2D eigenvalue weighted by molar-refractivity contribution is 7.89. The molecule has 0 atom stereocenters. The van der Waals surface area contributed by atoms with Crippen LogP contribution in [0.25, 0.3) is 0 Å². The number of carbonyl (C=O) groups is 1. The average Bonchev–Trinajstić information content (AvgIpc) is 2.55. The molecule has 2 aromatic rings. The Morgan fingerprint density at radius 1 is 1.04 bits per heavy atom. The summed E-state index contributed by atoms with van der Waals surface area (Å²) in [6.07, 6.45) is 0.546. The Morgan fingerprint density at radius 2 is 1.61 bits per heavy atom. The molecule has 0 spiro atoms. The zero-order chi connectivity index (χ0) is 21.3. The summed E-state index contributed by atoms with van der Waals surface area (Å²) in [7, 11) is -1.06. The van der Waals surface area contributed by atoms with Gasteiger partial charge in [0.15, 0.2) is 0 Å². The van der Waals surface area contributed by atoms with E-state index in [1.54, 1.807) is 12.1 Å². The fourth-order valence-corrected chi connectivity index (χ4v) is 4.48. The number of rotatable bonds is 6. The number of nitrogens with zero attached hydrogens (tertiary/aromatic N) is 1. The lowest BCUT2D eigenvalue weighted by Crippen LogP contribution is -2.45. The first-order chi connectivity index (χ1) is 12.8. The van der Waals surface area contributed by atoms with E-state index in [0.717, 1.165) is 9.87 Å². The zero-order valence-corrected chi connectivity index (χ0v) is 19.0. The molecule has 0 saturated carbocycles. The minimum atomic E-state index is -3.83. The number of benzene rings is 2. The standard InChI is InChI=1S/C19H21Cl3N2O3S/c1-19(2,11-12-5-7-13(20)8-6-12)23-18(25)14-9-17(16(22)10-15(14)21)28(26,27)24(3)4/h5-10H,11H2,1-4H3,(H,23,25). The zero-order valence-electron chi connectivity index (χ0n) is 15.9. The SMILES string of the molecule is CN(C)S(=O)(=O)c1cc(C(=O)NC(C)(C)Cc2ccc(Cl)cc2)c(Cl)cc1Cl. The predicted molar refractivity (Wildman–Crippen MR) is 114 cm³/mol. The van der Waals surface area contributed by atoms with Crippen LogP contribution in [0.2, 0.25) is 15.1 Å². The molecule has 152 valence electrons. The van der Waals surface area contributed by atoms with E-state index in [-0.39, 0.29) is 20.5 Å².